The van der Waals surface area contributed by atoms with E-state index in [-0.39, 0.29) is 0 Å². The number of hydrogen-bond acceptors (Lipinski definition) is 4. The van der Waals surface area contributed by atoms with Gasteiger partial charge in [-0.3, -0.25) is 0 Å². The Morgan fingerprint density at radius 3 is 2.50 bits per heavy atom. The second-order valence-electron chi connectivity index (χ2n) is 3.65. The van der Waals surface area contributed by atoms with Crippen LogP contribution in [0, 0.1) is 6.92 Å². The van der Waals surface area contributed by atoms with Crippen LogP contribution in [-0.2, 0) is 16.1 Å². The minimum absolute atomic E-state index is 0.377. The van der Waals surface area contributed by atoms with Gasteiger partial charge in [0.05, 0.1) is 6.61 Å². The smallest absolute Gasteiger partial charge is 0.482 e. The largest absolute Gasteiger partial charge is 0.491 e. The molecule has 0 bridgehead atoms. The molecule has 0 atom stereocenters. The van der Waals surface area contributed by atoms with Gasteiger partial charge in [-0.2, -0.15) is 0 Å². The van der Waals surface area contributed by atoms with E-state index in [0.29, 0.717) is 17.8 Å². The van der Waals surface area contributed by atoms with Gasteiger partial charge in [-0.15, -0.1) is 0 Å². The summed E-state index contributed by atoms with van der Waals surface area (Å²) in [6.45, 7) is 9.85. The molecule has 1 aromatic rings. The summed E-state index contributed by atoms with van der Waals surface area (Å²) in [7, 11) is -0.943. The lowest BCUT2D eigenvalue weighted by atomic mass is 9.78. The third kappa shape index (κ3) is 4.87. The maximum absolute atomic E-state index is 10.4. The number of rotatable bonds is 3. The summed E-state index contributed by atoms with van der Waals surface area (Å²) in [6.07, 6.45) is 0. The van der Waals surface area contributed by atoms with Crippen molar-refractivity contribution in [1.82, 2.24) is 0 Å². The van der Waals surface area contributed by atoms with Gasteiger partial charge in [0.15, 0.2) is 6.61 Å². The van der Waals surface area contributed by atoms with E-state index in [1.807, 2.05) is 34.6 Å². The maximum Gasteiger partial charge on any atom is 0.491 e. The molecular formula is C14H23BO5. The third-order valence-corrected chi connectivity index (χ3v) is 2.49. The fourth-order valence-corrected chi connectivity index (χ4v) is 1.71. The number of carboxylic acids is 1. The van der Waals surface area contributed by atoms with E-state index in [1.54, 1.807) is 12.1 Å². The third-order valence-electron chi connectivity index (χ3n) is 2.49. The molecule has 5 nitrogen and oxygen atoms in total. The lowest BCUT2D eigenvalue weighted by molar-refractivity contribution is -0.139. The first-order chi connectivity index (χ1) is 9.58. The monoisotopic (exact) mass is 282 g/mol. The number of carboxylic acid groups (broad SMARTS) is 1. The van der Waals surface area contributed by atoms with Gasteiger partial charge in [-0.25, -0.2) is 4.79 Å². The number of carbonyl (C=O) groups is 1. The Balaban J connectivity index is 0.000000829. The minimum atomic E-state index is -1.03. The summed E-state index contributed by atoms with van der Waals surface area (Å²) in [5.74, 6) is -0.599. The Hall–Kier alpha value is -1.53. The molecule has 2 N–H and O–H groups in total. The van der Waals surface area contributed by atoms with Crippen molar-refractivity contribution in [2.45, 2.75) is 41.2 Å². The normalized spacial score (nSPS) is 11.6. The summed E-state index contributed by atoms with van der Waals surface area (Å²) in [5.41, 5.74) is 2.52. The molecule has 0 aliphatic carbocycles. The lowest BCUT2D eigenvalue weighted by Gasteiger charge is -2.08. The highest BCUT2D eigenvalue weighted by molar-refractivity contribution is 6.61. The van der Waals surface area contributed by atoms with Crippen molar-refractivity contribution in [3.8, 4) is 5.75 Å². The molecule has 0 unspecified atom stereocenters. The van der Waals surface area contributed by atoms with E-state index in [9.17, 15) is 9.82 Å². The number of aryl methyl sites for hydroxylation is 1. The molecule has 2 rings (SSSR count). The average Bonchev–Trinajstić information content (AvgIpc) is 2.83. The van der Waals surface area contributed by atoms with Crippen molar-refractivity contribution >= 4 is 18.6 Å². The fraction of sp³-hybridized carbons (Fsp3) is 0.500. The van der Waals surface area contributed by atoms with Gasteiger partial charge >= 0.3 is 13.1 Å². The van der Waals surface area contributed by atoms with Crippen LogP contribution in [-0.4, -0.2) is 29.8 Å². The van der Waals surface area contributed by atoms with Crippen LogP contribution in [0.3, 0.4) is 0 Å². The lowest BCUT2D eigenvalue weighted by Crippen LogP contribution is -2.28. The predicted molar refractivity (Wildman–Crippen MR) is 79.4 cm³/mol. The maximum atomic E-state index is 10.4. The standard InChI is InChI=1S/C10H11BO5.2C2H6/c1-6-2-7(15-5-10(12)13)3-9-8(6)4-16-11(9)14;2*1-2/h2-3,14H,4-5H2,1H3,(H,12,13);2*1-2H3. The summed E-state index contributed by atoms with van der Waals surface area (Å²) in [6, 6.07) is 3.35. The number of benzene rings is 1. The first-order valence-electron chi connectivity index (χ1n) is 6.85. The van der Waals surface area contributed by atoms with Gasteiger partial charge in [-0.05, 0) is 35.6 Å². The van der Waals surface area contributed by atoms with Crippen molar-refractivity contribution in [1.29, 1.82) is 0 Å². The highest BCUT2D eigenvalue weighted by Crippen LogP contribution is 2.20. The summed E-state index contributed by atoms with van der Waals surface area (Å²) >= 11 is 0. The Labute approximate surface area is 120 Å². The van der Waals surface area contributed by atoms with Crippen LogP contribution in [0.1, 0.15) is 38.8 Å². The summed E-state index contributed by atoms with van der Waals surface area (Å²) in [5, 5.41) is 18.0. The van der Waals surface area contributed by atoms with Crippen LogP contribution in [0.15, 0.2) is 12.1 Å². The van der Waals surface area contributed by atoms with Crippen LogP contribution in [0.5, 0.6) is 5.75 Å². The van der Waals surface area contributed by atoms with Crippen molar-refractivity contribution in [3.63, 3.8) is 0 Å². The topological polar surface area (TPSA) is 76.0 Å². The number of fused-ring (bicyclic) bond motifs is 1. The van der Waals surface area contributed by atoms with Crippen molar-refractivity contribution in [2.24, 2.45) is 0 Å². The molecule has 0 amide bonds. The summed E-state index contributed by atoms with van der Waals surface area (Å²) < 4.78 is 10.1. The molecular weight excluding hydrogens is 259 g/mol. The molecule has 1 aliphatic rings. The van der Waals surface area contributed by atoms with Crippen LogP contribution >= 0.6 is 0 Å². The zero-order valence-corrected chi connectivity index (χ0v) is 12.8. The molecule has 1 heterocycles. The van der Waals surface area contributed by atoms with E-state index < -0.39 is 19.7 Å². The molecule has 20 heavy (non-hydrogen) atoms. The van der Waals surface area contributed by atoms with Crippen molar-refractivity contribution in [3.05, 3.63) is 23.3 Å². The Morgan fingerprint density at radius 1 is 1.35 bits per heavy atom. The molecule has 112 valence electrons. The van der Waals surface area contributed by atoms with Gasteiger partial charge in [0.25, 0.3) is 0 Å². The number of ether oxygens (including phenoxy) is 1. The van der Waals surface area contributed by atoms with Crippen molar-refractivity contribution < 1.29 is 24.3 Å². The summed E-state index contributed by atoms with van der Waals surface area (Å²) in [4.78, 5) is 10.4. The molecule has 0 saturated carbocycles. The molecule has 0 radical (unpaired) electrons. The zero-order valence-electron chi connectivity index (χ0n) is 12.8. The second-order valence-corrected chi connectivity index (χ2v) is 3.65. The minimum Gasteiger partial charge on any atom is -0.482 e. The highest BCUT2D eigenvalue weighted by Gasteiger charge is 2.29. The number of hydrogen-bond donors (Lipinski definition) is 2. The molecule has 0 fully saturated rings. The van der Waals surface area contributed by atoms with Gasteiger partial charge in [0, 0.05) is 0 Å². The Bertz CT molecular complexity index is 434. The van der Waals surface area contributed by atoms with Crippen LogP contribution in [0.2, 0.25) is 0 Å². The quantitative estimate of drug-likeness (QED) is 0.826. The average molecular weight is 282 g/mol. The SMILES string of the molecule is CC.CC.Cc1cc(OCC(=O)O)cc2c1COB2O. The van der Waals surface area contributed by atoms with E-state index in [0.717, 1.165) is 11.1 Å². The Kier molecular flexibility index (Phi) is 8.67. The first kappa shape index (κ1) is 18.5. The Morgan fingerprint density at radius 2 is 1.95 bits per heavy atom. The second kappa shape index (κ2) is 9.39. The van der Waals surface area contributed by atoms with E-state index in [1.165, 1.54) is 0 Å². The predicted octanol–water partition coefficient (Wildman–Crippen LogP) is 1.73. The van der Waals surface area contributed by atoms with E-state index in [2.05, 4.69) is 0 Å². The van der Waals surface area contributed by atoms with Crippen LogP contribution in [0.4, 0.5) is 0 Å². The molecule has 0 saturated heterocycles. The van der Waals surface area contributed by atoms with Crippen LogP contribution < -0.4 is 10.2 Å². The van der Waals surface area contributed by atoms with Gasteiger partial charge in [-0.1, -0.05) is 27.7 Å². The first-order valence-corrected chi connectivity index (χ1v) is 6.85. The fourth-order valence-electron chi connectivity index (χ4n) is 1.71. The molecule has 1 aromatic carbocycles. The van der Waals surface area contributed by atoms with E-state index in [4.69, 9.17) is 14.5 Å². The van der Waals surface area contributed by atoms with Gasteiger partial charge < -0.3 is 19.5 Å². The van der Waals surface area contributed by atoms with Crippen LogP contribution in [0.25, 0.3) is 0 Å². The van der Waals surface area contributed by atoms with Gasteiger partial charge in [0.2, 0.25) is 0 Å². The number of aliphatic carboxylic acids is 1. The molecule has 6 heteroatoms. The molecule has 1 aliphatic heterocycles. The van der Waals surface area contributed by atoms with E-state index >= 15 is 0 Å². The zero-order chi connectivity index (χ0) is 15.7. The van der Waals surface area contributed by atoms with Gasteiger partial charge in [0.1, 0.15) is 5.75 Å². The van der Waals surface area contributed by atoms with Crippen molar-refractivity contribution in [2.75, 3.05) is 6.61 Å². The highest BCUT2D eigenvalue weighted by atomic mass is 16.5. The molecule has 0 aromatic heterocycles. The molecule has 0 spiro atoms.